The van der Waals surface area contributed by atoms with Crippen molar-refractivity contribution in [2.24, 2.45) is 5.73 Å². The van der Waals surface area contributed by atoms with Crippen molar-refractivity contribution in [1.82, 2.24) is 0 Å². The molecule has 6 heavy (non-hydrogen) atoms. The molecule has 2 nitrogen and oxygen atoms in total. The zero-order valence-electron chi connectivity index (χ0n) is 3.56. The fourth-order valence-electron chi connectivity index (χ4n) is 0. The van der Waals surface area contributed by atoms with Crippen molar-refractivity contribution in [3.8, 4) is 0 Å². The topological polar surface area (TPSA) is 43.1 Å². The molecule has 33 valence electrons. The van der Waals surface area contributed by atoms with E-state index in [1.807, 2.05) is 0 Å². The Morgan fingerprint density at radius 2 is 2.17 bits per heavy atom. The quantitative estimate of drug-likeness (QED) is 0.541. The van der Waals surface area contributed by atoms with Gasteiger partial charge in [0.05, 0.1) is 0 Å². The second-order valence-corrected chi connectivity index (χ2v) is 2.56. The third-order valence-corrected chi connectivity index (χ3v) is 1.71. The SMILES string of the molecule is C[C@H](N)[C](=O)[Sn]. The molecule has 0 fully saturated rings. The van der Waals surface area contributed by atoms with Crippen molar-refractivity contribution in [3.63, 3.8) is 0 Å². The van der Waals surface area contributed by atoms with E-state index in [9.17, 15) is 4.79 Å². The molecule has 0 aliphatic heterocycles. The van der Waals surface area contributed by atoms with Crippen LogP contribution in [0.1, 0.15) is 6.92 Å². The molecule has 0 spiro atoms. The van der Waals surface area contributed by atoms with Crippen LogP contribution in [0.15, 0.2) is 0 Å². The molecule has 0 unspecified atom stereocenters. The van der Waals surface area contributed by atoms with E-state index in [-0.39, 0.29) is 9.84 Å². The molecule has 0 heterocycles. The van der Waals surface area contributed by atoms with Crippen LogP contribution in [-0.2, 0) is 4.79 Å². The Labute approximate surface area is 50.2 Å². The van der Waals surface area contributed by atoms with E-state index >= 15 is 0 Å². The Kier molecular flexibility index (Phi) is 2.76. The Balaban J connectivity index is 3.26. The first-order valence-corrected chi connectivity index (χ1v) is 3.08. The molecule has 0 saturated heterocycles. The van der Waals surface area contributed by atoms with E-state index in [2.05, 4.69) is 0 Å². The van der Waals surface area contributed by atoms with E-state index in [0.717, 1.165) is 22.5 Å². The van der Waals surface area contributed by atoms with Gasteiger partial charge in [-0.25, -0.2) is 0 Å². The van der Waals surface area contributed by atoms with Gasteiger partial charge in [0.1, 0.15) is 0 Å². The molecular formula is C3H6NOSn. The van der Waals surface area contributed by atoms with Gasteiger partial charge in [-0.3, -0.25) is 0 Å². The van der Waals surface area contributed by atoms with Crippen molar-refractivity contribution in [2.45, 2.75) is 13.0 Å². The zero-order chi connectivity index (χ0) is 5.15. The maximum absolute atomic E-state index is 10.1. The molecule has 0 saturated carbocycles. The van der Waals surface area contributed by atoms with Gasteiger partial charge in [-0.15, -0.1) is 0 Å². The van der Waals surface area contributed by atoms with Crippen molar-refractivity contribution in [3.05, 3.63) is 0 Å². The Morgan fingerprint density at radius 1 is 2.00 bits per heavy atom. The van der Waals surface area contributed by atoms with Crippen LogP contribution in [0.3, 0.4) is 0 Å². The number of carbonyl (C=O) groups is 1. The summed E-state index contributed by atoms with van der Waals surface area (Å²) in [4.78, 5) is 10.1. The predicted octanol–water partition coefficient (Wildman–Crippen LogP) is -0.971. The van der Waals surface area contributed by atoms with Crippen LogP contribution in [0.25, 0.3) is 0 Å². The molecule has 0 aromatic heterocycles. The fraction of sp³-hybridized carbons (Fsp3) is 0.667. The Hall–Kier alpha value is 0.429. The molecule has 2 N–H and O–H groups in total. The van der Waals surface area contributed by atoms with Crippen molar-refractivity contribution in [1.29, 1.82) is 0 Å². The van der Waals surface area contributed by atoms with Crippen LogP contribution >= 0.6 is 0 Å². The number of nitrogens with two attached hydrogens (primary N) is 1. The van der Waals surface area contributed by atoms with Gasteiger partial charge in [0.25, 0.3) is 0 Å². The number of hydrogen-bond donors (Lipinski definition) is 1. The molecule has 1 atom stereocenters. The van der Waals surface area contributed by atoms with Crippen LogP contribution < -0.4 is 5.73 Å². The van der Waals surface area contributed by atoms with Gasteiger partial charge in [-0.2, -0.15) is 0 Å². The van der Waals surface area contributed by atoms with Crippen LogP contribution in [0.4, 0.5) is 0 Å². The summed E-state index contributed by atoms with van der Waals surface area (Å²) in [6.45, 7) is 1.69. The van der Waals surface area contributed by atoms with E-state index in [0.29, 0.717) is 0 Å². The normalized spacial score (nSPS) is 13.8. The molecular weight excluding hydrogens is 185 g/mol. The summed E-state index contributed by atoms with van der Waals surface area (Å²) in [7, 11) is 0. The fourth-order valence-corrected chi connectivity index (χ4v) is 0. The van der Waals surface area contributed by atoms with Gasteiger partial charge in [0.2, 0.25) is 0 Å². The third kappa shape index (κ3) is 2.65. The number of rotatable bonds is 1. The number of carbonyl (C=O) groups excluding carboxylic acids is 1. The minimum atomic E-state index is -0.247. The van der Waals surface area contributed by atoms with Crippen LogP contribution in [0.5, 0.6) is 0 Å². The van der Waals surface area contributed by atoms with Gasteiger partial charge in [0.15, 0.2) is 0 Å². The van der Waals surface area contributed by atoms with Gasteiger partial charge in [0, 0.05) is 0 Å². The Morgan fingerprint density at radius 3 is 2.17 bits per heavy atom. The minimum absolute atomic E-state index is 0.127. The predicted molar refractivity (Wildman–Crippen MR) is 24.4 cm³/mol. The molecule has 0 amide bonds. The molecule has 0 aromatic rings. The maximum atomic E-state index is 10.1. The van der Waals surface area contributed by atoms with Crippen LogP contribution in [-0.4, -0.2) is 32.4 Å². The summed E-state index contributed by atoms with van der Waals surface area (Å²) in [5, 5.41) is 0. The Bertz CT molecular complexity index is 61.8. The second-order valence-electron chi connectivity index (χ2n) is 1.15. The van der Waals surface area contributed by atoms with Gasteiger partial charge in [-0.1, -0.05) is 0 Å². The summed E-state index contributed by atoms with van der Waals surface area (Å²) < 4.78 is 0.127. The molecule has 3 radical (unpaired) electrons. The van der Waals surface area contributed by atoms with E-state index in [1.165, 1.54) is 0 Å². The summed E-state index contributed by atoms with van der Waals surface area (Å²) in [6.07, 6.45) is 0. The third-order valence-electron chi connectivity index (χ3n) is 0.414. The summed E-state index contributed by atoms with van der Waals surface area (Å²) >= 11 is 0.902. The van der Waals surface area contributed by atoms with E-state index in [1.54, 1.807) is 6.92 Å². The van der Waals surface area contributed by atoms with Gasteiger partial charge >= 0.3 is 49.8 Å². The molecule has 0 rings (SSSR count). The number of hydrogen-bond acceptors (Lipinski definition) is 2. The first kappa shape index (κ1) is 6.43. The standard InChI is InChI=1S/C3H6NO.Sn/c1-3(4)2-5;/h3H,4H2,1H3;/t3-;/m0./s1. The zero-order valence-corrected chi connectivity index (χ0v) is 6.42. The molecule has 0 aliphatic rings. The average molecular weight is 191 g/mol. The van der Waals surface area contributed by atoms with E-state index < -0.39 is 0 Å². The summed E-state index contributed by atoms with van der Waals surface area (Å²) in [5.41, 5.74) is 5.11. The van der Waals surface area contributed by atoms with Crippen molar-refractivity contribution < 1.29 is 4.79 Å². The first-order chi connectivity index (χ1) is 2.64. The van der Waals surface area contributed by atoms with Crippen molar-refractivity contribution >= 4 is 26.3 Å². The van der Waals surface area contributed by atoms with Crippen molar-refractivity contribution in [2.75, 3.05) is 0 Å². The summed E-state index contributed by atoms with van der Waals surface area (Å²) in [6, 6.07) is -0.247. The van der Waals surface area contributed by atoms with Crippen LogP contribution in [0, 0.1) is 0 Å². The molecule has 0 aromatic carbocycles. The molecule has 0 bridgehead atoms. The molecule has 3 heteroatoms. The monoisotopic (exact) mass is 192 g/mol. The average Bonchev–Trinajstić information content (AvgIpc) is 1.36. The van der Waals surface area contributed by atoms with E-state index in [4.69, 9.17) is 5.73 Å². The van der Waals surface area contributed by atoms with Gasteiger partial charge < -0.3 is 0 Å². The first-order valence-electron chi connectivity index (χ1n) is 1.65. The van der Waals surface area contributed by atoms with Gasteiger partial charge in [-0.05, 0) is 0 Å². The summed E-state index contributed by atoms with van der Waals surface area (Å²) in [5.74, 6) is 0. The molecule has 0 aliphatic carbocycles. The van der Waals surface area contributed by atoms with Crippen LogP contribution in [0.2, 0.25) is 0 Å². The second kappa shape index (κ2) is 2.58.